The molecule has 3 rings (SSSR count). The lowest BCUT2D eigenvalue weighted by Crippen LogP contribution is -2.50. The molecule has 1 aliphatic heterocycles. The topological polar surface area (TPSA) is 70.7 Å². The summed E-state index contributed by atoms with van der Waals surface area (Å²) in [6.07, 6.45) is 3.14. The molecule has 1 saturated carbocycles. The Morgan fingerprint density at radius 3 is 2.46 bits per heavy atom. The number of hydrogen-bond donors (Lipinski definition) is 2. The summed E-state index contributed by atoms with van der Waals surface area (Å²) in [5.74, 6) is -0.246. The van der Waals surface area contributed by atoms with Crippen molar-refractivity contribution >= 4 is 12.1 Å². The first-order valence-corrected chi connectivity index (χ1v) is 9.24. The van der Waals surface area contributed by atoms with Crippen LogP contribution in [0.25, 0.3) is 0 Å². The van der Waals surface area contributed by atoms with Gasteiger partial charge in [0.1, 0.15) is 5.82 Å². The largest absolute Gasteiger partial charge is 0.450 e. The third-order valence-electron chi connectivity index (χ3n) is 5.25. The van der Waals surface area contributed by atoms with Gasteiger partial charge in [0, 0.05) is 31.1 Å². The lowest BCUT2D eigenvalue weighted by molar-refractivity contribution is 0.0957. The van der Waals surface area contributed by atoms with Gasteiger partial charge in [-0.05, 0) is 50.3 Å². The Hall–Kier alpha value is -2.31. The van der Waals surface area contributed by atoms with E-state index in [0.29, 0.717) is 26.2 Å². The van der Waals surface area contributed by atoms with Gasteiger partial charge in [-0.3, -0.25) is 0 Å². The maximum absolute atomic E-state index is 13.1. The van der Waals surface area contributed by atoms with E-state index in [1.807, 2.05) is 0 Å². The van der Waals surface area contributed by atoms with Gasteiger partial charge in [0.25, 0.3) is 0 Å². The second kappa shape index (κ2) is 7.93. The molecule has 7 heteroatoms. The van der Waals surface area contributed by atoms with Crippen molar-refractivity contribution in [3.05, 3.63) is 35.6 Å². The van der Waals surface area contributed by atoms with E-state index in [9.17, 15) is 14.0 Å². The van der Waals surface area contributed by atoms with Crippen LogP contribution in [0, 0.1) is 5.82 Å². The summed E-state index contributed by atoms with van der Waals surface area (Å²) in [4.78, 5) is 25.6. The maximum Gasteiger partial charge on any atom is 0.409 e. The Balaban J connectivity index is 1.41. The number of amides is 3. The number of hydrogen-bond acceptors (Lipinski definition) is 3. The highest BCUT2D eigenvalue weighted by atomic mass is 19.1. The lowest BCUT2D eigenvalue weighted by Gasteiger charge is -2.31. The van der Waals surface area contributed by atoms with E-state index in [1.165, 1.54) is 12.1 Å². The summed E-state index contributed by atoms with van der Waals surface area (Å²) in [7, 11) is 0. The number of nitrogens with zero attached hydrogens (tertiary/aromatic N) is 1. The Labute approximate surface area is 153 Å². The van der Waals surface area contributed by atoms with Crippen LogP contribution in [-0.4, -0.2) is 49.3 Å². The van der Waals surface area contributed by atoms with Gasteiger partial charge in [0.2, 0.25) is 0 Å². The van der Waals surface area contributed by atoms with E-state index in [0.717, 1.165) is 31.2 Å². The van der Waals surface area contributed by atoms with Crippen molar-refractivity contribution < 1.29 is 18.7 Å². The normalized spacial score (nSPS) is 18.9. The van der Waals surface area contributed by atoms with Crippen molar-refractivity contribution in [3.8, 4) is 0 Å². The minimum absolute atomic E-state index is 0.0571. The molecule has 2 aliphatic rings. The maximum atomic E-state index is 13.1. The van der Waals surface area contributed by atoms with Crippen molar-refractivity contribution in [1.82, 2.24) is 15.5 Å². The number of piperidine rings is 1. The van der Waals surface area contributed by atoms with Gasteiger partial charge in [-0.2, -0.15) is 0 Å². The molecule has 2 N–H and O–H groups in total. The van der Waals surface area contributed by atoms with E-state index in [-0.39, 0.29) is 29.4 Å². The number of carbonyl (C=O) groups excluding carboxylic acids is 2. The highest BCUT2D eigenvalue weighted by molar-refractivity contribution is 5.74. The van der Waals surface area contributed by atoms with Crippen molar-refractivity contribution in [3.63, 3.8) is 0 Å². The van der Waals surface area contributed by atoms with Gasteiger partial charge >= 0.3 is 12.1 Å². The Bertz CT molecular complexity index is 638. The van der Waals surface area contributed by atoms with Crippen molar-refractivity contribution in [1.29, 1.82) is 0 Å². The highest BCUT2D eigenvalue weighted by Gasteiger charge is 2.44. The van der Waals surface area contributed by atoms with Crippen LogP contribution in [0.2, 0.25) is 0 Å². The van der Waals surface area contributed by atoms with E-state index in [2.05, 4.69) is 10.6 Å². The standard InChI is InChI=1S/C19H26FN3O3/c1-2-26-18(25)23-11-7-16(8-12-23)22-17(24)21-13-19(9-10-19)14-3-5-15(20)6-4-14/h3-6,16H,2,7-13H2,1H3,(H2,21,22,24). The van der Waals surface area contributed by atoms with Crippen LogP contribution >= 0.6 is 0 Å². The molecule has 1 saturated heterocycles. The number of halogens is 1. The third kappa shape index (κ3) is 4.45. The minimum Gasteiger partial charge on any atom is -0.450 e. The zero-order chi connectivity index (χ0) is 18.6. The van der Waals surface area contributed by atoms with Gasteiger partial charge in [-0.15, -0.1) is 0 Å². The van der Waals surface area contributed by atoms with Crippen LogP contribution in [-0.2, 0) is 10.2 Å². The molecule has 0 radical (unpaired) electrons. The summed E-state index contributed by atoms with van der Waals surface area (Å²) >= 11 is 0. The Morgan fingerprint density at radius 1 is 1.23 bits per heavy atom. The number of nitrogens with one attached hydrogen (secondary N) is 2. The minimum atomic E-state index is -0.287. The molecule has 1 aliphatic carbocycles. The lowest BCUT2D eigenvalue weighted by atomic mass is 9.96. The smallest absolute Gasteiger partial charge is 0.409 e. The molecule has 142 valence electrons. The van der Waals surface area contributed by atoms with Crippen LogP contribution in [0.3, 0.4) is 0 Å². The Kier molecular flexibility index (Phi) is 5.64. The SMILES string of the molecule is CCOC(=O)N1CCC(NC(=O)NCC2(c3ccc(F)cc3)CC2)CC1. The van der Waals surface area contributed by atoms with Gasteiger partial charge in [0.15, 0.2) is 0 Å². The van der Waals surface area contributed by atoms with Gasteiger partial charge in [-0.1, -0.05) is 12.1 Å². The molecule has 2 fully saturated rings. The molecule has 1 heterocycles. The number of rotatable bonds is 5. The average Bonchev–Trinajstić information content (AvgIpc) is 3.43. The fourth-order valence-corrected chi connectivity index (χ4v) is 3.43. The van der Waals surface area contributed by atoms with Crippen LogP contribution in [0.1, 0.15) is 38.2 Å². The Morgan fingerprint density at radius 2 is 1.88 bits per heavy atom. The van der Waals surface area contributed by atoms with E-state index in [4.69, 9.17) is 4.74 Å². The quantitative estimate of drug-likeness (QED) is 0.845. The first-order valence-electron chi connectivity index (χ1n) is 9.24. The van der Waals surface area contributed by atoms with Crippen LogP contribution in [0.5, 0.6) is 0 Å². The zero-order valence-electron chi connectivity index (χ0n) is 15.1. The molecule has 0 bridgehead atoms. The first kappa shape index (κ1) is 18.5. The second-order valence-electron chi connectivity index (χ2n) is 7.07. The summed E-state index contributed by atoms with van der Waals surface area (Å²) in [5.41, 5.74) is 1.01. The van der Waals surface area contributed by atoms with Gasteiger partial charge in [-0.25, -0.2) is 14.0 Å². The van der Waals surface area contributed by atoms with E-state index >= 15 is 0 Å². The molecular weight excluding hydrogens is 337 g/mol. The second-order valence-corrected chi connectivity index (χ2v) is 7.07. The van der Waals surface area contributed by atoms with E-state index < -0.39 is 0 Å². The third-order valence-corrected chi connectivity index (χ3v) is 5.25. The fourth-order valence-electron chi connectivity index (χ4n) is 3.43. The molecular formula is C19H26FN3O3. The van der Waals surface area contributed by atoms with Crippen LogP contribution < -0.4 is 10.6 Å². The van der Waals surface area contributed by atoms with E-state index in [1.54, 1.807) is 24.0 Å². The highest BCUT2D eigenvalue weighted by Crippen LogP contribution is 2.47. The summed E-state index contributed by atoms with van der Waals surface area (Å²) in [6, 6.07) is 6.40. The monoisotopic (exact) mass is 363 g/mol. The number of ether oxygens (including phenoxy) is 1. The molecule has 0 spiro atoms. The fraction of sp³-hybridized carbons (Fsp3) is 0.579. The molecule has 3 amide bonds. The first-order chi connectivity index (χ1) is 12.5. The number of benzene rings is 1. The summed E-state index contributed by atoms with van der Waals surface area (Å²) in [6.45, 7) is 3.88. The molecule has 0 unspecified atom stereocenters. The molecule has 1 aromatic rings. The summed E-state index contributed by atoms with van der Waals surface area (Å²) < 4.78 is 18.1. The zero-order valence-corrected chi connectivity index (χ0v) is 15.1. The van der Waals surface area contributed by atoms with Crippen molar-refractivity contribution in [2.24, 2.45) is 0 Å². The van der Waals surface area contributed by atoms with Gasteiger partial charge in [0.05, 0.1) is 6.61 Å². The predicted octanol–water partition coefficient (Wildman–Crippen LogP) is 2.78. The van der Waals surface area contributed by atoms with Crippen molar-refractivity contribution in [2.45, 2.75) is 44.1 Å². The van der Waals surface area contributed by atoms with Crippen LogP contribution in [0.15, 0.2) is 24.3 Å². The molecule has 0 aromatic heterocycles. The van der Waals surface area contributed by atoms with Gasteiger partial charge < -0.3 is 20.3 Å². The van der Waals surface area contributed by atoms with Crippen molar-refractivity contribution in [2.75, 3.05) is 26.2 Å². The van der Waals surface area contributed by atoms with Crippen LogP contribution in [0.4, 0.5) is 14.0 Å². The number of likely N-dealkylation sites (tertiary alicyclic amines) is 1. The average molecular weight is 363 g/mol. The summed E-state index contributed by atoms with van der Waals surface area (Å²) in [5, 5.41) is 5.93. The molecule has 26 heavy (non-hydrogen) atoms. The predicted molar refractivity (Wildman–Crippen MR) is 95.5 cm³/mol. The number of carbonyl (C=O) groups is 2. The molecule has 1 aromatic carbocycles. The molecule has 0 atom stereocenters. The number of urea groups is 1. The molecule has 6 nitrogen and oxygen atoms in total.